The number of para-hydroxylation sites is 1. The van der Waals surface area contributed by atoms with Crippen molar-refractivity contribution < 1.29 is 19.1 Å². The normalized spacial score (nSPS) is 16.9. The zero-order chi connectivity index (χ0) is 19.2. The molecule has 3 rings (SSSR count). The quantitative estimate of drug-likeness (QED) is 0.849. The van der Waals surface area contributed by atoms with Crippen molar-refractivity contribution in [2.24, 2.45) is 0 Å². The van der Waals surface area contributed by atoms with E-state index in [-0.39, 0.29) is 31.1 Å². The van der Waals surface area contributed by atoms with Gasteiger partial charge >= 0.3 is 0 Å². The average molecular weight is 368 g/mol. The number of rotatable bonds is 6. The molecule has 1 aliphatic rings. The summed E-state index contributed by atoms with van der Waals surface area (Å²) in [6, 6.07) is 15.2. The topological polar surface area (TPSA) is 67.9 Å². The summed E-state index contributed by atoms with van der Waals surface area (Å²) in [6.07, 6.45) is -0.260. The number of hydrogen-bond acceptors (Lipinski definition) is 4. The molecule has 2 aromatic carbocycles. The van der Waals surface area contributed by atoms with Gasteiger partial charge in [-0.25, -0.2) is 0 Å². The Morgan fingerprint density at radius 1 is 1.19 bits per heavy atom. The molecule has 2 aromatic rings. The highest BCUT2D eigenvalue weighted by Gasteiger charge is 2.28. The van der Waals surface area contributed by atoms with Gasteiger partial charge in [0.15, 0.2) is 6.61 Å². The Kier molecular flexibility index (Phi) is 6.08. The molecule has 1 heterocycles. The number of benzene rings is 2. The number of aryl methyl sites for hydroxylation is 2. The standard InChI is InChI=1S/C21H24N2O4/c1-15-8-16(2)10-17(9-15)23-12-19(27-14-21(23)25)11-22-20(24)13-26-18-6-4-3-5-7-18/h3-10,19H,11-14H2,1-2H3,(H,22,24). The van der Waals surface area contributed by atoms with Gasteiger partial charge in [0, 0.05) is 12.2 Å². The number of anilines is 1. The Balaban J connectivity index is 1.52. The molecule has 1 N–H and O–H groups in total. The summed E-state index contributed by atoms with van der Waals surface area (Å²) in [4.78, 5) is 26.0. The lowest BCUT2D eigenvalue weighted by molar-refractivity contribution is -0.130. The highest BCUT2D eigenvalue weighted by Crippen LogP contribution is 2.21. The SMILES string of the molecule is Cc1cc(C)cc(N2CC(CNC(=O)COc3ccccc3)OCC2=O)c1. The fourth-order valence-electron chi connectivity index (χ4n) is 3.05. The summed E-state index contributed by atoms with van der Waals surface area (Å²) in [6.45, 7) is 4.69. The lowest BCUT2D eigenvalue weighted by Crippen LogP contribution is -2.51. The van der Waals surface area contributed by atoms with Crippen molar-refractivity contribution in [1.82, 2.24) is 5.32 Å². The summed E-state index contributed by atoms with van der Waals surface area (Å²) in [7, 11) is 0. The lowest BCUT2D eigenvalue weighted by Gasteiger charge is -2.33. The van der Waals surface area contributed by atoms with Gasteiger partial charge in [-0.3, -0.25) is 9.59 Å². The van der Waals surface area contributed by atoms with Crippen LogP contribution in [-0.2, 0) is 14.3 Å². The van der Waals surface area contributed by atoms with Gasteiger partial charge in [0.25, 0.3) is 11.8 Å². The molecule has 0 radical (unpaired) electrons. The van der Waals surface area contributed by atoms with Crippen LogP contribution in [0.15, 0.2) is 48.5 Å². The fraction of sp³-hybridized carbons (Fsp3) is 0.333. The molecule has 1 unspecified atom stereocenters. The number of carbonyl (C=O) groups excluding carboxylic acids is 2. The van der Waals surface area contributed by atoms with Crippen LogP contribution in [0.5, 0.6) is 5.75 Å². The Morgan fingerprint density at radius 3 is 2.59 bits per heavy atom. The Hall–Kier alpha value is -2.86. The second-order valence-electron chi connectivity index (χ2n) is 6.69. The van der Waals surface area contributed by atoms with Crippen molar-refractivity contribution in [1.29, 1.82) is 0 Å². The molecule has 0 bridgehead atoms. The number of nitrogens with one attached hydrogen (secondary N) is 1. The lowest BCUT2D eigenvalue weighted by atomic mass is 10.1. The third-order valence-corrected chi connectivity index (χ3v) is 4.29. The largest absolute Gasteiger partial charge is 0.484 e. The van der Waals surface area contributed by atoms with Gasteiger partial charge < -0.3 is 19.7 Å². The number of ether oxygens (including phenoxy) is 2. The zero-order valence-corrected chi connectivity index (χ0v) is 15.6. The van der Waals surface area contributed by atoms with E-state index < -0.39 is 0 Å². The van der Waals surface area contributed by atoms with Crippen molar-refractivity contribution in [2.45, 2.75) is 20.0 Å². The molecule has 0 saturated carbocycles. The maximum absolute atomic E-state index is 12.3. The van der Waals surface area contributed by atoms with Crippen LogP contribution in [-0.4, -0.2) is 44.2 Å². The van der Waals surface area contributed by atoms with Crippen LogP contribution in [0.2, 0.25) is 0 Å². The molecule has 1 atom stereocenters. The molecular weight excluding hydrogens is 344 g/mol. The molecule has 1 aliphatic heterocycles. The fourth-order valence-corrected chi connectivity index (χ4v) is 3.05. The van der Waals surface area contributed by atoms with E-state index in [4.69, 9.17) is 9.47 Å². The van der Waals surface area contributed by atoms with Gasteiger partial charge in [-0.1, -0.05) is 24.3 Å². The van der Waals surface area contributed by atoms with Crippen molar-refractivity contribution in [3.05, 3.63) is 59.7 Å². The van der Waals surface area contributed by atoms with Gasteiger partial charge in [0.2, 0.25) is 0 Å². The molecule has 0 aromatic heterocycles. The number of amides is 2. The van der Waals surface area contributed by atoms with E-state index in [1.165, 1.54) is 0 Å². The van der Waals surface area contributed by atoms with Crippen LogP contribution in [0.3, 0.4) is 0 Å². The van der Waals surface area contributed by atoms with Crippen molar-refractivity contribution >= 4 is 17.5 Å². The predicted molar refractivity (Wildman–Crippen MR) is 103 cm³/mol. The predicted octanol–water partition coefficient (Wildman–Crippen LogP) is 2.23. The molecule has 2 amide bonds. The van der Waals surface area contributed by atoms with Crippen molar-refractivity contribution in [2.75, 3.05) is 31.2 Å². The maximum Gasteiger partial charge on any atom is 0.258 e. The van der Waals surface area contributed by atoms with Gasteiger partial charge in [0.1, 0.15) is 12.4 Å². The monoisotopic (exact) mass is 368 g/mol. The van der Waals surface area contributed by atoms with E-state index in [0.717, 1.165) is 16.8 Å². The van der Waals surface area contributed by atoms with Crippen LogP contribution < -0.4 is 15.0 Å². The molecule has 0 aliphatic carbocycles. The molecule has 0 spiro atoms. The van der Waals surface area contributed by atoms with E-state index in [0.29, 0.717) is 18.8 Å². The molecule has 27 heavy (non-hydrogen) atoms. The van der Waals surface area contributed by atoms with Gasteiger partial charge in [-0.05, 0) is 49.2 Å². The van der Waals surface area contributed by atoms with Gasteiger partial charge in [-0.15, -0.1) is 0 Å². The Labute approximate surface area is 159 Å². The average Bonchev–Trinajstić information content (AvgIpc) is 2.65. The first-order valence-corrected chi connectivity index (χ1v) is 8.96. The third-order valence-electron chi connectivity index (χ3n) is 4.29. The Bertz CT molecular complexity index is 787. The van der Waals surface area contributed by atoms with E-state index in [1.807, 2.05) is 44.2 Å². The Morgan fingerprint density at radius 2 is 1.89 bits per heavy atom. The first-order valence-electron chi connectivity index (χ1n) is 8.96. The minimum absolute atomic E-state index is 0.00798. The second-order valence-corrected chi connectivity index (χ2v) is 6.69. The highest BCUT2D eigenvalue weighted by atomic mass is 16.5. The summed E-state index contributed by atoms with van der Waals surface area (Å²) >= 11 is 0. The summed E-state index contributed by atoms with van der Waals surface area (Å²) in [5.74, 6) is 0.348. The van der Waals surface area contributed by atoms with E-state index in [9.17, 15) is 9.59 Å². The first-order chi connectivity index (χ1) is 13.0. The smallest absolute Gasteiger partial charge is 0.258 e. The molecule has 1 saturated heterocycles. The van der Waals surface area contributed by atoms with Crippen LogP contribution in [0.4, 0.5) is 5.69 Å². The minimum Gasteiger partial charge on any atom is -0.484 e. The highest BCUT2D eigenvalue weighted by molar-refractivity contribution is 5.95. The summed E-state index contributed by atoms with van der Waals surface area (Å²) in [5.41, 5.74) is 3.07. The van der Waals surface area contributed by atoms with Gasteiger partial charge in [0.05, 0.1) is 12.6 Å². The van der Waals surface area contributed by atoms with Crippen molar-refractivity contribution in [3.8, 4) is 5.75 Å². The minimum atomic E-state index is -0.260. The molecule has 6 heteroatoms. The maximum atomic E-state index is 12.3. The van der Waals surface area contributed by atoms with Crippen LogP contribution >= 0.6 is 0 Å². The van der Waals surface area contributed by atoms with Crippen LogP contribution in [0.25, 0.3) is 0 Å². The van der Waals surface area contributed by atoms with E-state index in [2.05, 4.69) is 11.4 Å². The zero-order valence-electron chi connectivity index (χ0n) is 15.6. The van der Waals surface area contributed by atoms with Gasteiger partial charge in [-0.2, -0.15) is 0 Å². The molecule has 142 valence electrons. The second kappa shape index (κ2) is 8.68. The molecule has 1 fully saturated rings. The number of hydrogen-bond donors (Lipinski definition) is 1. The van der Waals surface area contributed by atoms with E-state index in [1.54, 1.807) is 17.0 Å². The van der Waals surface area contributed by atoms with Crippen LogP contribution in [0, 0.1) is 13.8 Å². The summed E-state index contributed by atoms with van der Waals surface area (Å²) in [5, 5.41) is 2.81. The van der Waals surface area contributed by atoms with E-state index >= 15 is 0 Å². The molecule has 6 nitrogen and oxygen atoms in total. The summed E-state index contributed by atoms with van der Waals surface area (Å²) < 4.78 is 11.0. The molecular formula is C21H24N2O4. The first kappa shape index (κ1) is 18.9. The van der Waals surface area contributed by atoms with Crippen molar-refractivity contribution in [3.63, 3.8) is 0 Å². The number of carbonyl (C=O) groups is 2. The van der Waals surface area contributed by atoms with Crippen LogP contribution in [0.1, 0.15) is 11.1 Å². The number of nitrogens with zero attached hydrogens (tertiary/aromatic N) is 1. The number of morpholine rings is 1. The third kappa shape index (κ3) is 5.31.